The number of ether oxygens (including phenoxy) is 2. The quantitative estimate of drug-likeness (QED) is 0.814. The summed E-state index contributed by atoms with van der Waals surface area (Å²) in [4.78, 5) is 0. The molecule has 0 aromatic heterocycles. The molecular weight excluding hydrogens is 344 g/mol. The third-order valence-electron chi connectivity index (χ3n) is 2.77. The van der Waals surface area contributed by atoms with E-state index in [1.807, 2.05) is 24.3 Å². The van der Waals surface area contributed by atoms with Gasteiger partial charge in [-0.25, -0.2) is 0 Å². The lowest BCUT2D eigenvalue weighted by molar-refractivity contribution is -0.0512. The van der Waals surface area contributed by atoms with Crippen LogP contribution in [0.4, 0.5) is 14.5 Å². The second kappa shape index (κ2) is 7.26. The molecule has 0 atom stereocenters. The van der Waals surface area contributed by atoms with E-state index in [1.54, 1.807) is 12.1 Å². The normalized spacial score (nSPS) is 10.5. The van der Waals surface area contributed by atoms with Crippen molar-refractivity contribution in [1.29, 1.82) is 0 Å². The zero-order chi connectivity index (χ0) is 15.2. The van der Waals surface area contributed by atoms with Crippen LogP contribution in [0.2, 0.25) is 0 Å². The van der Waals surface area contributed by atoms with Crippen molar-refractivity contribution < 1.29 is 18.3 Å². The first kappa shape index (κ1) is 15.6. The molecule has 0 aliphatic carbocycles. The molecular formula is C15H14BrF2NO2. The predicted molar refractivity (Wildman–Crippen MR) is 81.1 cm³/mol. The van der Waals surface area contributed by atoms with Gasteiger partial charge >= 0.3 is 6.61 Å². The van der Waals surface area contributed by atoms with Crippen LogP contribution in [0.15, 0.2) is 46.9 Å². The van der Waals surface area contributed by atoms with E-state index in [0.29, 0.717) is 6.54 Å². The summed E-state index contributed by atoms with van der Waals surface area (Å²) in [5.74, 6) is 0.308. The molecule has 0 saturated carbocycles. The van der Waals surface area contributed by atoms with E-state index >= 15 is 0 Å². The number of hydrogen-bond acceptors (Lipinski definition) is 3. The minimum Gasteiger partial charge on any atom is -0.493 e. The molecule has 0 spiro atoms. The topological polar surface area (TPSA) is 30.5 Å². The van der Waals surface area contributed by atoms with Gasteiger partial charge in [0, 0.05) is 16.7 Å². The first-order chi connectivity index (χ1) is 10.1. The van der Waals surface area contributed by atoms with Crippen LogP contribution in [0, 0.1) is 0 Å². The summed E-state index contributed by atoms with van der Waals surface area (Å²) < 4.78 is 35.1. The smallest absolute Gasteiger partial charge is 0.387 e. The van der Waals surface area contributed by atoms with E-state index < -0.39 is 6.61 Å². The number of halogens is 3. The summed E-state index contributed by atoms with van der Waals surface area (Å²) in [6, 6.07) is 12.6. The lowest BCUT2D eigenvalue weighted by Gasteiger charge is -2.12. The Kier molecular flexibility index (Phi) is 5.38. The van der Waals surface area contributed by atoms with Crippen molar-refractivity contribution in [3.05, 3.63) is 52.5 Å². The lowest BCUT2D eigenvalue weighted by Crippen LogP contribution is -2.05. The summed E-state index contributed by atoms with van der Waals surface area (Å²) in [5, 5.41) is 3.21. The molecule has 21 heavy (non-hydrogen) atoms. The summed E-state index contributed by atoms with van der Waals surface area (Å²) in [6.07, 6.45) is 0. The number of nitrogens with one attached hydrogen (secondary N) is 1. The highest BCUT2D eigenvalue weighted by Gasteiger charge is 2.11. The van der Waals surface area contributed by atoms with Gasteiger partial charge in [-0.3, -0.25) is 0 Å². The minimum atomic E-state index is -2.88. The highest BCUT2D eigenvalue weighted by Crippen LogP contribution is 2.29. The SMILES string of the molecule is COc1ccc(CNc2cccc(Br)c2)cc1OC(F)F. The van der Waals surface area contributed by atoms with E-state index in [2.05, 4.69) is 26.0 Å². The van der Waals surface area contributed by atoms with Gasteiger partial charge in [0.15, 0.2) is 11.5 Å². The van der Waals surface area contributed by atoms with E-state index in [4.69, 9.17) is 4.74 Å². The van der Waals surface area contributed by atoms with Gasteiger partial charge in [-0.1, -0.05) is 28.1 Å². The third kappa shape index (κ3) is 4.60. The maximum atomic E-state index is 12.4. The van der Waals surface area contributed by atoms with Gasteiger partial charge in [-0.2, -0.15) is 8.78 Å². The second-order valence-electron chi connectivity index (χ2n) is 4.23. The molecule has 0 heterocycles. The fraction of sp³-hybridized carbons (Fsp3) is 0.200. The predicted octanol–water partition coefficient (Wildman–Crippen LogP) is 4.67. The van der Waals surface area contributed by atoms with E-state index in [-0.39, 0.29) is 11.5 Å². The van der Waals surface area contributed by atoms with Crippen molar-refractivity contribution in [2.24, 2.45) is 0 Å². The molecule has 0 saturated heterocycles. The molecule has 2 rings (SSSR count). The van der Waals surface area contributed by atoms with Gasteiger partial charge in [0.2, 0.25) is 0 Å². The summed E-state index contributed by atoms with van der Waals surface area (Å²) in [7, 11) is 1.41. The van der Waals surface area contributed by atoms with Crippen LogP contribution in [0.5, 0.6) is 11.5 Å². The van der Waals surface area contributed by atoms with Crippen LogP contribution in [-0.4, -0.2) is 13.7 Å². The average molecular weight is 358 g/mol. The van der Waals surface area contributed by atoms with Gasteiger partial charge in [0.25, 0.3) is 0 Å². The lowest BCUT2D eigenvalue weighted by atomic mass is 10.2. The highest BCUT2D eigenvalue weighted by molar-refractivity contribution is 9.10. The van der Waals surface area contributed by atoms with Crippen molar-refractivity contribution in [2.75, 3.05) is 12.4 Å². The van der Waals surface area contributed by atoms with Crippen LogP contribution in [0.1, 0.15) is 5.56 Å². The fourth-order valence-corrected chi connectivity index (χ4v) is 2.22. The molecule has 112 valence electrons. The molecule has 6 heteroatoms. The summed E-state index contributed by atoms with van der Waals surface area (Å²) >= 11 is 3.39. The number of anilines is 1. The van der Waals surface area contributed by atoms with Crippen LogP contribution < -0.4 is 14.8 Å². The van der Waals surface area contributed by atoms with E-state index in [1.165, 1.54) is 13.2 Å². The number of methoxy groups -OCH3 is 1. The zero-order valence-corrected chi connectivity index (χ0v) is 12.9. The molecule has 0 radical (unpaired) electrons. The van der Waals surface area contributed by atoms with Crippen molar-refractivity contribution in [3.8, 4) is 11.5 Å². The van der Waals surface area contributed by atoms with Crippen LogP contribution >= 0.6 is 15.9 Å². The summed E-state index contributed by atoms with van der Waals surface area (Å²) in [6.45, 7) is -2.40. The summed E-state index contributed by atoms with van der Waals surface area (Å²) in [5.41, 5.74) is 1.74. The third-order valence-corrected chi connectivity index (χ3v) is 3.26. The van der Waals surface area contributed by atoms with Crippen molar-refractivity contribution in [2.45, 2.75) is 13.2 Å². The Morgan fingerprint density at radius 3 is 2.62 bits per heavy atom. The van der Waals surface area contributed by atoms with E-state index in [9.17, 15) is 8.78 Å². The molecule has 1 N–H and O–H groups in total. The van der Waals surface area contributed by atoms with Gasteiger partial charge in [-0.05, 0) is 35.9 Å². The van der Waals surface area contributed by atoms with Crippen molar-refractivity contribution in [1.82, 2.24) is 0 Å². The molecule has 0 fully saturated rings. The van der Waals surface area contributed by atoms with Crippen LogP contribution in [0.25, 0.3) is 0 Å². The Morgan fingerprint density at radius 2 is 1.95 bits per heavy atom. The Bertz CT molecular complexity index is 608. The van der Waals surface area contributed by atoms with E-state index in [0.717, 1.165) is 15.7 Å². The first-order valence-electron chi connectivity index (χ1n) is 6.19. The van der Waals surface area contributed by atoms with Crippen molar-refractivity contribution >= 4 is 21.6 Å². The minimum absolute atomic E-state index is 0.0287. The number of hydrogen-bond donors (Lipinski definition) is 1. The maximum absolute atomic E-state index is 12.4. The number of benzene rings is 2. The Morgan fingerprint density at radius 1 is 1.14 bits per heavy atom. The van der Waals surface area contributed by atoms with Crippen molar-refractivity contribution in [3.63, 3.8) is 0 Å². The van der Waals surface area contributed by atoms with Gasteiger partial charge < -0.3 is 14.8 Å². The molecule has 2 aromatic carbocycles. The largest absolute Gasteiger partial charge is 0.493 e. The highest BCUT2D eigenvalue weighted by atomic mass is 79.9. The van der Waals surface area contributed by atoms with Gasteiger partial charge in [-0.15, -0.1) is 0 Å². The molecule has 3 nitrogen and oxygen atoms in total. The maximum Gasteiger partial charge on any atom is 0.387 e. The Labute approximate surface area is 130 Å². The second-order valence-corrected chi connectivity index (χ2v) is 5.14. The zero-order valence-electron chi connectivity index (χ0n) is 11.3. The number of rotatable bonds is 6. The standard InChI is InChI=1S/C15H14BrF2NO2/c1-20-13-6-5-10(7-14(13)21-15(17)18)9-19-12-4-2-3-11(16)8-12/h2-8,15,19H,9H2,1H3. The van der Waals surface area contributed by atoms with Gasteiger partial charge in [0.1, 0.15) is 0 Å². The molecule has 0 amide bonds. The fourth-order valence-electron chi connectivity index (χ4n) is 1.82. The average Bonchev–Trinajstić information content (AvgIpc) is 2.45. The molecule has 0 unspecified atom stereocenters. The molecule has 0 aliphatic rings. The van der Waals surface area contributed by atoms with Crippen LogP contribution in [-0.2, 0) is 6.54 Å². The first-order valence-corrected chi connectivity index (χ1v) is 6.99. The monoisotopic (exact) mass is 357 g/mol. The molecule has 0 aliphatic heterocycles. The van der Waals surface area contributed by atoms with Gasteiger partial charge in [0.05, 0.1) is 7.11 Å². The van der Waals surface area contributed by atoms with Crippen LogP contribution in [0.3, 0.4) is 0 Å². The molecule has 2 aromatic rings. The Balaban J connectivity index is 2.09. The number of alkyl halides is 2. The molecule has 0 bridgehead atoms. The Hall–Kier alpha value is -1.82.